The SMILES string of the molecule is CC(C)(C)OC(=O)N1CCN(C(=O)OCc2ccccc2)C[C@@H]1CO.CC(C)(C)OC(=O)N1CCNC[C@@H]1CO.Cc1cc(C)c(C(=O)N2CCN(C(=O)OC(C)(C)C)[C@@H](CO)C2)cc1CC1CCN(c2ccccc2C#N)CC1.Cc1cc(C)c(C(=O)O)cc1CC1CCN(c2ccccc2C#N)CC1. The molecular weight excluding hydrogens is 1350 g/mol. The molecule has 5 saturated heterocycles. The summed E-state index contributed by atoms with van der Waals surface area (Å²) in [7, 11) is 0. The Morgan fingerprint density at radius 2 is 0.877 bits per heavy atom. The Hall–Kier alpha value is -9.46. The predicted molar refractivity (Wildman–Crippen MR) is 407 cm³/mol. The molecule has 0 radical (unpaired) electrons. The second kappa shape index (κ2) is 38.7. The lowest BCUT2D eigenvalue weighted by Gasteiger charge is -2.41. The molecule has 10 rings (SSSR count). The van der Waals surface area contributed by atoms with Crippen molar-refractivity contribution in [3.05, 3.63) is 164 Å². The third-order valence-electron chi connectivity index (χ3n) is 19.4. The summed E-state index contributed by atoms with van der Waals surface area (Å²) < 4.78 is 21.4. The minimum absolute atomic E-state index is 0.0355. The second-order valence-electron chi connectivity index (χ2n) is 31.0. The Morgan fingerprint density at radius 3 is 1.30 bits per heavy atom. The summed E-state index contributed by atoms with van der Waals surface area (Å²) in [6, 6.07) is 36.3. The molecule has 24 heteroatoms. The molecule has 3 atom stereocenters. The molecule has 574 valence electrons. The van der Waals surface area contributed by atoms with E-state index in [0.29, 0.717) is 67.8 Å². The topological polar surface area (TPSA) is 303 Å². The molecular formula is C82H112N10O14. The Kier molecular flexibility index (Phi) is 30.6. The Morgan fingerprint density at radius 1 is 0.481 bits per heavy atom. The van der Waals surface area contributed by atoms with Gasteiger partial charge in [-0.05, 0) is 216 Å². The van der Waals surface area contributed by atoms with E-state index in [0.717, 1.165) is 110 Å². The van der Waals surface area contributed by atoms with Crippen molar-refractivity contribution in [2.45, 2.75) is 170 Å². The number of nitriles is 2. The summed E-state index contributed by atoms with van der Waals surface area (Å²) in [4.78, 5) is 86.4. The minimum atomic E-state index is -0.855. The highest BCUT2D eigenvalue weighted by molar-refractivity contribution is 5.96. The van der Waals surface area contributed by atoms with Crippen molar-refractivity contribution in [3.63, 3.8) is 0 Å². The number of anilines is 2. The van der Waals surface area contributed by atoms with E-state index in [2.05, 4.69) is 53.2 Å². The van der Waals surface area contributed by atoms with Crippen LogP contribution in [0.4, 0.5) is 30.6 Å². The summed E-state index contributed by atoms with van der Waals surface area (Å²) in [5.74, 6) is 0.130. The molecule has 0 bridgehead atoms. The Balaban J connectivity index is 0.000000208. The number of para-hydroxylation sites is 2. The number of aliphatic hydroxyl groups is 3. The summed E-state index contributed by atoms with van der Waals surface area (Å²) in [6.45, 7) is 31.4. The van der Waals surface area contributed by atoms with Crippen molar-refractivity contribution in [2.24, 2.45) is 11.8 Å². The number of aryl methyl sites for hydroxylation is 4. The first-order chi connectivity index (χ1) is 50.2. The van der Waals surface area contributed by atoms with Gasteiger partial charge in [-0.1, -0.05) is 66.7 Å². The summed E-state index contributed by atoms with van der Waals surface area (Å²) in [5.41, 5.74) is 10.2. The average molecular weight is 1460 g/mol. The molecule has 5 aliphatic heterocycles. The lowest BCUT2D eigenvalue weighted by molar-refractivity contribution is -0.0127. The van der Waals surface area contributed by atoms with Crippen LogP contribution >= 0.6 is 0 Å². The first-order valence-corrected chi connectivity index (χ1v) is 36.9. The number of rotatable bonds is 13. The largest absolute Gasteiger partial charge is 0.478 e. The third kappa shape index (κ3) is 24.6. The van der Waals surface area contributed by atoms with Crippen molar-refractivity contribution >= 4 is 47.6 Å². The summed E-state index contributed by atoms with van der Waals surface area (Å²) in [5, 5.41) is 60.0. The van der Waals surface area contributed by atoms with Crippen LogP contribution < -0.4 is 15.1 Å². The Labute approximate surface area is 626 Å². The number of hydrogen-bond donors (Lipinski definition) is 5. The molecule has 5 aliphatic rings. The van der Waals surface area contributed by atoms with E-state index in [1.807, 2.05) is 146 Å². The maximum atomic E-state index is 13.7. The quantitative estimate of drug-likeness (QED) is 0.0684. The van der Waals surface area contributed by atoms with E-state index >= 15 is 0 Å². The van der Waals surface area contributed by atoms with Crippen LogP contribution in [0.15, 0.2) is 103 Å². The number of hydrogen-bond acceptors (Lipinski definition) is 18. The molecule has 5 fully saturated rings. The third-order valence-corrected chi connectivity index (χ3v) is 19.4. The molecule has 0 spiro atoms. The molecule has 106 heavy (non-hydrogen) atoms. The standard InChI is InChI=1S/C32H42N4O4.C22H24N2O2.C18H26N2O5.C10H20N2O3/c1-22-16-23(2)28(30(38)35-14-15-36(27(20-35)21-37)31(39)40-32(3,4)5)18-26(22)17-24-10-12-34(13-11-24)29-9-7-6-8-25(29)19-33;1-15-11-16(2)20(22(25)26)13-19(15)12-17-7-9-24(10-8-17)21-6-4-3-5-18(21)14-23;1-18(2,3)25-17(23)20-10-9-19(11-15(20)12-21)16(22)24-13-14-7-5-4-6-8-14;1-10(2,3)15-9(14)12-5-4-11-6-8(12)7-13/h6-9,16,18,24,27,37H,10-15,17,20-21H2,1-5H3;3-6,11,13,17H,7-10,12H2,1-2H3,(H,25,26);4-8,15,21H,9-13H2,1-3H3;8,11,13H,4-7H2,1-3H3/t27-;;15-;8-/m1.11/s1. The number of ether oxygens (including phenoxy) is 4. The number of nitrogens with one attached hydrogen (secondary N) is 1. The van der Waals surface area contributed by atoms with Gasteiger partial charge in [-0.25, -0.2) is 24.0 Å². The normalized spacial score (nSPS) is 18.1. The molecule has 0 saturated carbocycles. The smallest absolute Gasteiger partial charge is 0.410 e. The molecule has 0 aliphatic carbocycles. The van der Waals surface area contributed by atoms with Gasteiger partial charge in [0.1, 0.15) is 35.5 Å². The van der Waals surface area contributed by atoms with Crippen LogP contribution in [0.1, 0.15) is 159 Å². The predicted octanol–water partition coefficient (Wildman–Crippen LogP) is 11.4. The number of carbonyl (C=O) groups excluding carboxylic acids is 5. The average Bonchev–Trinajstić information content (AvgIpc) is 0.794. The van der Waals surface area contributed by atoms with E-state index in [9.17, 15) is 54.6 Å². The van der Waals surface area contributed by atoms with Gasteiger partial charge in [-0.2, -0.15) is 10.5 Å². The van der Waals surface area contributed by atoms with E-state index < -0.39 is 53.1 Å². The number of benzene rings is 5. The van der Waals surface area contributed by atoms with Crippen molar-refractivity contribution in [2.75, 3.05) is 115 Å². The van der Waals surface area contributed by atoms with Crippen molar-refractivity contribution < 1.29 is 68.1 Å². The van der Waals surface area contributed by atoms with Crippen LogP contribution in [-0.2, 0) is 38.4 Å². The van der Waals surface area contributed by atoms with Gasteiger partial charge >= 0.3 is 30.3 Å². The van der Waals surface area contributed by atoms with Gasteiger partial charge in [0.25, 0.3) is 5.91 Å². The number of carbonyl (C=O) groups is 6. The number of amides is 5. The fourth-order valence-corrected chi connectivity index (χ4v) is 13.7. The van der Waals surface area contributed by atoms with E-state index in [-0.39, 0.29) is 57.6 Å². The van der Waals surface area contributed by atoms with Crippen molar-refractivity contribution in [3.8, 4) is 12.1 Å². The van der Waals surface area contributed by atoms with Gasteiger partial charge in [0.2, 0.25) is 0 Å². The van der Waals surface area contributed by atoms with E-state index in [1.165, 1.54) is 31.4 Å². The molecule has 0 unspecified atom stereocenters. The van der Waals surface area contributed by atoms with Gasteiger partial charge in [0.15, 0.2) is 0 Å². The van der Waals surface area contributed by atoms with Crippen molar-refractivity contribution in [1.29, 1.82) is 10.5 Å². The number of aliphatic hydroxyl groups excluding tert-OH is 3. The maximum Gasteiger partial charge on any atom is 0.410 e. The molecule has 24 nitrogen and oxygen atoms in total. The zero-order chi connectivity index (χ0) is 77.6. The van der Waals surface area contributed by atoms with Gasteiger partial charge in [0.05, 0.1) is 66.0 Å². The monoisotopic (exact) mass is 1460 g/mol. The lowest BCUT2D eigenvalue weighted by Crippen LogP contribution is -2.58. The number of aromatic carboxylic acids is 1. The van der Waals surface area contributed by atoms with Gasteiger partial charge in [-0.3, -0.25) is 14.6 Å². The van der Waals surface area contributed by atoms with Crippen molar-refractivity contribution in [1.82, 2.24) is 29.8 Å². The number of carboxylic acids is 1. The number of nitrogens with zero attached hydrogens (tertiary/aromatic N) is 9. The lowest BCUT2D eigenvalue weighted by atomic mass is 9.86. The highest BCUT2D eigenvalue weighted by Gasteiger charge is 2.38. The molecule has 5 amide bonds. The van der Waals surface area contributed by atoms with Gasteiger partial charge in [0, 0.05) is 90.6 Å². The molecule has 5 N–H and O–H groups in total. The number of piperidine rings is 2. The highest BCUT2D eigenvalue weighted by atomic mass is 16.6. The minimum Gasteiger partial charge on any atom is -0.478 e. The van der Waals surface area contributed by atoms with E-state index in [1.54, 1.807) is 30.6 Å². The van der Waals surface area contributed by atoms with Gasteiger partial charge < -0.3 is 69.2 Å². The first-order valence-electron chi connectivity index (χ1n) is 36.9. The van der Waals surface area contributed by atoms with Crippen LogP contribution in [0.5, 0.6) is 0 Å². The number of carboxylic acid groups (broad SMARTS) is 1. The maximum absolute atomic E-state index is 13.7. The summed E-state index contributed by atoms with van der Waals surface area (Å²) >= 11 is 0. The first kappa shape index (κ1) is 83.8. The van der Waals surface area contributed by atoms with E-state index in [4.69, 9.17) is 24.1 Å². The van der Waals surface area contributed by atoms with Gasteiger partial charge in [-0.15, -0.1) is 0 Å². The van der Waals surface area contributed by atoms with Crippen LogP contribution in [-0.4, -0.2) is 221 Å². The van der Waals surface area contributed by atoms with Crippen LogP contribution in [0.25, 0.3) is 0 Å². The molecule has 5 heterocycles. The highest BCUT2D eigenvalue weighted by Crippen LogP contribution is 2.33. The molecule has 5 aromatic carbocycles. The zero-order valence-electron chi connectivity index (χ0n) is 64.4. The van der Waals surface area contributed by atoms with Crippen LogP contribution in [0.3, 0.4) is 0 Å². The summed E-state index contributed by atoms with van der Waals surface area (Å²) in [6.07, 6.45) is 4.24. The number of piperazine rings is 3. The molecule has 0 aromatic heterocycles. The second-order valence-corrected chi connectivity index (χ2v) is 31.0. The van der Waals surface area contributed by atoms with Crippen LogP contribution in [0, 0.1) is 62.2 Å². The fraction of sp³-hybridized carbons (Fsp3) is 0.537. The fourth-order valence-electron chi connectivity index (χ4n) is 13.7. The van der Waals surface area contributed by atoms with Crippen LogP contribution in [0.2, 0.25) is 0 Å². The Bertz CT molecular complexity index is 3860. The zero-order valence-corrected chi connectivity index (χ0v) is 64.4. The molecule has 5 aromatic rings.